The maximum absolute atomic E-state index is 13.9. The average Bonchev–Trinajstić information content (AvgIpc) is 2.93. The lowest BCUT2D eigenvalue weighted by Crippen LogP contribution is -2.35. The highest BCUT2D eigenvalue weighted by Crippen LogP contribution is 2.34. The fourth-order valence-corrected chi connectivity index (χ4v) is 5.44. The van der Waals surface area contributed by atoms with Crippen molar-refractivity contribution in [2.24, 2.45) is 5.41 Å². The van der Waals surface area contributed by atoms with Gasteiger partial charge in [0.05, 0.1) is 15.6 Å². The summed E-state index contributed by atoms with van der Waals surface area (Å²) >= 11 is 16.5. The highest BCUT2D eigenvalue weighted by molar-refractivity contribution is 9.10. The first-order chi connectivity index (χ1) is 19.8. The first-order valence-corrected chi connectivity index (χ1v) is 15.2. The summed E-state index contributed by atoms with van der Waals surface area (Å²) in [5.41, 5.74) is 3.76. The van der Waals surface area contributed by atoms with Crippen molar-refractivity contribution in [3.63, 3.8) is 0 Å². The normalized spacial score (nSPS) is 13.9. The molecular formula is C32H34BrCl2FN4O2. The van der Waals surface area contributed by atoms with Crippen LogP contribution in [-0.2, 0) is 11.3 Å². The van der Waals surface area contributed by atoms with E-state index in [1.165, 1.54) is 0 Å². The Labute approximate surface area is 264 Å². The molecule has 0 atom stereocenters. The topological polar surface area (TPSA) is 73.5 Å². The maximum atomic E-state index is 13.9. The molecule has 10 heteroatoms. The Kier molecular flexibility index (Phi) is 10.2. The number of amides is 2. The molecule has 3 N–H and O–H groups in total. The molecule has 0 bridgehead atoms. The lowest BCUT2D eigenvalue weighted by Gasteiger charge is -2.33. The number of piperidine rings is 1. The van der Waals surface area contributed by atoms with Crippen LogP contribution in [0, 0.1) is 5.41 Å². The first kappa shape index (κ1) is 31.9. The molecule has 3 aromatic rings. The molecule has 4 rings (SSSR count). The van der Waals surface area contributed by atoms with Crippen molar-refractivity contribution in [2.45, 2.75) is 46.3 Å². The molecule has 0 aliphatic carbocycles. The lowest BCUT2D eigenvalue weighted by molar-refractivity contribution is -0.128. The molecule has 42 heavy (non-hydrogen) atoms. The second-order valence-corrected chi connectivity index (χ2v) is 13.0. The fraction of sp³-hybridized carbons (Fsp3) is 0.312. The van der Waals surface area contributed by atoms with Crippen LogP contribution in [0.5, 0.6) is 0 Å². The largest absolute Gasteiger partial charge is 0.371 e. The van der Waals surface area contributed by atoms with Crippen LogP contribution in [0.4, 0.5) is 21.5 Å². The molecule has 0 spiro atoms. The first-order valence-electron chi connectivity index (χ1n) is 13.6. The minimum atomic E-state index is -0.806. The van der Waals surface area contributed by atoms with Gasteiger partial charge in [-0.1, -0.05) is 72.5 Å². The second-order valence-electron chi connectivity index (χ2n) is 11.3. The van der Waals surface area contributed by atoms with Gasteiger partial charge in [-0.2, -0.15) is 0 Å². The Morgan fingerprint density at radius 2 is 1.64 bits per heavy atom. The number of hydrogen-bond donors (Lipinski definition) is 3. The Hall–Kier alpha value is -3.07. The van der Waals surface area contributed by atoms with Gasteiger partial charge in [0.15, 0.2) is 0 Å². The van der Waals surface area contributed by atoms with E-state index < -0.39 is 17.5 Å². The highest BCUT2D eigenvalue weighted by Gasteiger charge is 2.24. The van der Waals surface area contributed by atoms with Crippen molar-refractivity contribution in [1.82, 2.24) is 5.32 Å². The number of benzene rings is 3. The number of carbonyl (C=O) groups is 2. The van der Waals surface area contributed by atoms with Crippen LogP contribution >= 0.6 is 39.1 Å². The minimum Gasteiger partial charge on any atom is -0.371 e. The lowest BCUT2D eigenvalue weighted by atomic mass is 9.95. The maximum Gasteiger partial charge on any atom is 0.258 e. The Balaban J connectivity index is 1.60. The van der Waals surface area contributed by atoms with E-state index in [0.717, 1.165) is 21.4 Å². The quantitative estimate of drug-likeness (QED) is 0.223. The highest BCUT2D eigenvalue weighted by atomic mass is 79.9. The third kappa shape index (κ3) is 7.85. The molecule has 1 aliphatic heterocycles. The van der Waals surface area contributed by atoms with E-state index in [-0.39, 0.29) is 28.1 Å². The van der Waals surface area contributed by atoms with Gasteiger partial charge in [-0.15, -0.1) is 0 Å². The number of halogens is 4. The van der Waals surface area contributed by atoms with Crippen molar-refractivity contribution < 1.29 is 14.0 Å². The molecular weight excluding hydrogens is 642 g/mol. The van der Waals surface area contributed by atoms with E-state index >= 15 is 0 Å². The van der Waals surface area contributed by atoms with Crippen LogP contribution in [0.2, 0.25) is 10.0 Å². The monoisotopic (exact) mass is 674 g/mol. The van der Waals surface area contributed by atoms with Crippen LogP contribution in [0.15, 0.2) is 65.6 Å². The van der Waals surface area contributed by atoms with Crippen LogP contribution < -0.4 is 20.9 Å². The summed E-state index contributed by atoms with van der Waals surface area (Å²) in [4.78, 5) is 28.0. The van der Waals surface area contributed by atoms with Gasteiger partial charge in [0, 0.05) is 57.8 Å². The van der Waals surface area contributed by atoms with E-state index in [0.29, 0.717) is 42.9 Å². The van der Waals surface area contributed by atoms with Gasteiger partial charge in [-0.25, -0.2) is 4.39 Å². The van der Waals surface area contributed by atoms with Gasteiger partial charge in [0.2, 0.25) is 5.91 Å². The van der Waals surface area contributed by atoms with E-state index in [2.05, 4.69) is 43.4 Å². The van der Waals surface area contributed by atoms with Crippen molar-refractivity contribution in [2.75, 3.05) is 28.6 Å². The van der Waals surface area contributed by atoms with Gasteiger partial charge in [-0.3, -0.25) is 9.59 Å². The zero-order valence-corrected chi connectivity index (χ0v) is 26.9. The number of alkyl halides is 1. The number of hydrogen-bond acceptors (Lipinski definition) is 4. The summed E-state index contributed by atoms with van der Waals surface area (Å²) in [6, 6.07) is 16.5. The smallest absolute Gasteiger partial charge is 0.258 e. The van der Waals surface area contributed by atoms with E-state index in [1.807, 2.05) is 57.2 Å². The molecule has 0 unspecified atom stereocenters. The van der Waals surface area contributed by atoms with Crippen LogP contribution in [0.1, 0.15) is 55.1 Å². The van der Waals surface area contributed by atoms with Crippen molar-refractivity contribution in [3.05, 3.63) is 92.4 Å². The predicted molar refractivity (Wildman–Crippen MR) is 175 cm³/mol. The van der Waals surface area contributed by atoms with Gasteiger partial charge in [0.25, 0.3) is 5.91 Å². The zero-order chi connectivity index (χ0) is 30.6. The molecule has 1 aliphatic rings. The Morgan fingerprint density at radius 3 is 2.29 bits per heavy atom. The Bertz CT molecular complexity index is 1480. The van der Waals surface area contributed by atoms with Gasteiger partial charge >= 0.3 is 0 Å². The van der Waals surface area contributed by atoms with Gasteiger partial charge in [0.1, 0.15) is 6.17 Å². The molecule has 0 aromatic heterocycles. The number of anilines is 3. The van der Waals surface area contributed by atoms with E-state index in [9.17, 15) is 14.0 Å². The van der Waals surface area contributed by atoms with Crippen LogP contribution in [0.25, 0.3) is 5.70 Å². The van der Waals surface area contributed by atoms with Crippen molar-refractivity contribution in [1.29, 1.82) is 0 Å². The fourth-order valence-electron chi connectivity index (χ4n) is 4.57. The molecule has 3 aromatic carbocycles. The summed E-state index contributed by atoms with van der Waals surface area (Å²) in [6.07, 6.45) is 0.0988. The van der Waals surface area contributed by atoms with E-state index in [4.69, 9.17) is 23.2 Å². The summed E-state index contributed by atoms with van der Waals surface area (Å²) in [5, 5.41) is 9.46. The standard InChI is InChI=1S/C32H34BrCl2FN4O2/c1-19(38-23-8-6-21(33)7-9-23)25-17-24(10-12-27(25)40-15-13-22(36)14-16-40)39-30(41)28-26(34)11-5-20(29(28)35)18-37-31(42)32(2,3)4/h5-12,17,22,38H,1,13-16,18H2,2-4H3,(H,37,42)(H,39,41). The zero-order valence-electron chi connectivity index (χ0n) is 23.8. The summed E-state index contributed by atoms with van der Waals surface area (Å²) in [6.45, 7) is 11.0. The number of carbonyl (C=O) groups excluding carboxylic acids is 2. The predicted octanol–water partition coefficient (Wildman–Crippen LogP) is 8.69. The molecule has 222 valence electrons. The van der Waals surface area contributed by atoms with Crippen LogP contribution in [-0.4, -0.2) is 31.1 Å². The number of nitrogens with zero attached hydrogens (tertiary/aromatic N) is 1. The molecule has 1 saturated heterocycles. The van der Waals surface area contributed by atoms with Gasteiger partial charge in [-0.05, 0) is 66.9 Å². The van der Waals surface area contributed by atoms with Crippen molar-refractivity contribution >= 4 is 73.7 Å². The summed E-state index contributed by atoms with van der Waals surface area (Å²) < 4.78 is 14.9. The van der Waals surface area contributed by atoms with E-state index in [1.54, 1.807) is 18.2 Å². The molecule has 1 heterocycles. The molecule has 2 amide bonds. The molecule has 1 fully saturated rings. The minimum absolute atomic E-state index is 0.114. The average molecular weight is 676 g/mol. The summed E-state index contributed by atoms with van der Waals surface area (Å²) in [5.74, 6) is -0.628. The molecule has 6 nitrogen and oxygen atoms in total. The second kappa shape index (κ2) is 13.5. The third-order valence-corrected chi connectivity index (χ3v) is 8.28. The number of nitrogens with one attached hydrogen (secondary N) is 3. The third-order valence-electron chi connectivity index (χ3n) is 7.00. The Morgan fingerprint density at radius 1 is 1.00 bits per heavy atom. The molecule has 0 radical (unpaired) electrons. The van der Waals surface area contributed by atoms with Crippen molar-refractivity contribution in [3.8, 4) is 0 Å². The summed E-state index contributed by atoms with van der Waals surface area (Å²) in [7, 11) is 0. The SMILES string of the molecule is C=C(Nc1ccc(Br)cc1)c1cc(NC(=O)c2c(Cl)ccc(CNC(=O)C(C)(C)C)c2Cl)ccc1N1CCC(F)CC1. The number of rotatable bonds is 8. The van der Waals surface area contributed by atoms with Crippen LogP contribution in [0.3, 0.4) is 0 Å². The molecule has 0 saturated carbocycles. The van der Waals surface area contributed by atoms with Gasteiger partial charge < -0.3 is 20.9 Å².